The van der Waals surface area contributed by atoms with Crippen LogP contribution in [0.3, 0.4) is 0 Å². The Hall–Kier alpha value is -3.11. The molecule has 7 nitrogen and oxygen atoms in total. The van der Waals surface area contributed by atoms with Gasteiger partial charge in [0.1, 0.15) is 22.3 Å². The Morgan fingerprint density at radius 3 is 2.78 bits per heavy atom. The van der Waals surface area contributed by atoms with Gasteiger partial charge in [0.25, 0.3) is 5.91 Å². The topological polar surface area (TPSA) is 109 Å². The number of nitrogens with one attached hydrogen (secondary N) is 1. The van der Waals surface area contributed by atoms with Gasteiger partial charge in [-0.15, -0.1) is 0 Å². The number of anilines is 1. The third-order valence-electron chi connectivity index (χ3n) is 2.96. The van der Waals surface area contributed by atoms with Crippen LogP contribution in [-0.4, -0.2) is 10.8 Å². The zero-order chi connectivity index (χ0) is 17.0. The van der Waals surface area contributed by atoms with Crippen molar-refractivity contribution in [1.29, 1.82) is 5.26 Å². The van der Waals surface area contributed by atoms with Gasteiger partial charge >= 0.3 is 5.88 Å². The lowest BCUT2D eigenvalue weighted by atomic mass is 10.1. The summed E-state index contributed by atoms with van der Waals surface area (Å²) in [5.74, 6) is -1.11. The second-order valence-corrected chi connectivity index (χ2v) is 4.88. The number of halogens is 1. The van der Waals surface area contributed by atoms with Crippen molar-refractivity contribution in [3.05, 3.63) is 62.4 Å². The normalized spacial score (nSPS) is 10.9. The van der Waals surface area contributed by atoms with Crippen LogP contribution in [0.15, 0.2) is 40.3 Å². The molecule has 116 valence electrons. The van der Waals surface area contributed by atoms with Gasteiger partial charge < -0.3 is 9.73 Å². The third kappa shape index (κ3) is 3.75. The van der Waals surface area contributed by atoms with Crippen LogP contribution in [-0.2, 0) is 4.79 Å². The predicted octanol–water partition coefficient (Wildman–Crippen LogP) is 3.70. The van der Waals surface area contributed by atoms with Gasteiger partial charge in [-0.1, -0.05) is 17.7 Å². The summed E-state index contributed by atoms with van der Waals surface area (Å²) in [7, 11) is 0. The predicted molar refractivity (Wildman–Crippen MR) is 83.8 cm³/mol. The first-order valence-corrected chi connectivity index (χ1v) is 6.72. The number of benzene rings is 1. The molecule has 0 atom stereocenters. The van der Waals surface area contributed by atoms with Crippen molar-refractivity contribution in [2.75, 3.05) is 5.32 Å². The van der Waals surface area contributed by atoms with Crippen molar-refractivity contribution in [2.45, 2.75) is 6.92 Å². The third-order valence-corrected chi connectivity index (χ3v) is 3.37. The molecule has 1 aromatic carbocycles. The van der Waals surface area contributed by atoms with Crippen molar-refractivity contribution in [1.82, 2.24) is 0 Å². The molecule has 0 aliphatic rings. The second kappa shape index (κ2) is 6.77. The van der Waals surface area contributed by atoms with E-state index in [1.807, 2.05) is 0 Å². The lowest BCUT2D eigenvalue weighted by Gasteiger charge is -2.08. The van der Waals surface area contributed by atoms with Gasteiger partial charge in [-0.05, 0) is 30.7 Å². The molecular formula is C15H10ClN3O4. The Balaban J connectivity index is 2.24. The fraction of sp³-hybridized carbons (Fsp3) is 0.0667. The van der Waals surface area contributed by atoms with E-state index < -0.39 is 16.7 Å². The van der Waals surface area contributed by atoms with Crippen LogP contribution in [0.25, 0.3) is 6.08 Å². The summed E-state index contributed by atoms with van der Waals surface area (Å²) in [4.78, 5) is 22.0. The summed E-state index contributed by atoms with van der Waals surface area (Å²) in [5.41, 5.74) is 0.871. The SMILES string of the molecule is Cc1c(Cl)cccc1NC(=O)/C(C#N)=C\c1ccc([N+](=O)[O-])o1. The standard InChI is InChI=1S/C15H10ClN3O4/c1-9-12(16)3-2-4-13(9)18-15(20)10(8-17)7-11-5-6-14(23-11)19(21)22/h2-7H,1H3,(H,18,20)/b10-7-. The Morgan fingerprint density at radius 1 is 1.43 bits per heavy atom. The van der Waals surface area contributed by atoms with Crippen LogP contribution in [0.4, 0.5) is 11.6 Å². The highest BCUT2D eigenvalue weighted by molar-refractivity contribution is 6.31. The fourth-order valence-corrected chi connectivity index (χ4v) is 1.92. The molecule has 0 saturated heterocycles. The molecule has 23 heavy (non-hydrogen) atoms. The Labute approximate surface area is 135 Å². The van der Waals surface area contributed by atoms with E-state index in [1.165, 1.54) is 6.07 Å². The summed E-state index contributed by atoms with van der Waals surface area (Å²) in [6, 6.07) is 9.15. The average molecular weight is 332 g/mol. The van der Waals surface area contributed by atoms with Crippen molar-refractivity contribution < 1.29 is 14.1 Å². The molecule has 0 aliphatic heterocycles. The van der Waals surface area contributed by atoms with E-state index in [2.05, 4.69) is 5.32 Å². The van der Waals surface area contributed by atoms with Gasteiger partial charge in [0, 0.05) is 16.8 Å². The molecule has 2 rings (SSSR count). The van der Waals surface area contributed by atoms with E-state index in [0.717, 1.165) is 12.1 Å². The van der Waals surface area contributed by atoms with Crippen LogP contribution in [0, 0.1) is 28.4 Å². The molecule has 0 spiro atoms. The largest absolute Gasteiger partial charge is 0.433 e. The fourth-order valence-electron chi connectivity index (χ4n) is 1.74. The molecule has 0 unspecified atom stereocenters. The molecule has 1 amide bonds. The molecule has 0 fully saturated rings. The van der Waals surface area contributed by atoms with E-state index in [-0.39, 0.29) is 11.3 Å². The van der Waals surface area contributed by atoms with Crippen LogP contribution in [0.2, 0.25) is 5.02 Å². The lowest BCUT2D eigenvalue weighted by Crippen LogP contribution is -2.14. The number of nitrogens with zero attached hydrogens (tertiary/aromatic N) is 2. The van der Waals surface area contributed by atoms with Gasteiger partial charge in [0.05, 0.1) is 6.07 Å². The van der Waals surface area contributed by atoms with Crippen LogP contribution in [0.5, 0.6) is 0 Å². The summed E-state index contributed by atoms with van der Waals surface area (Å²) in [5, 5.41) is 22.7. The average Bonchev–Trinajstić information content (AvgIpc) is 2.98. The Kier molecular flexibility index (Phi) is 4.79. The molecule has 2 aromatic rings. The van der Waals surface area contributed by atoms with E-state index in [4.69, 9.17) is 21.3 Å². The van der Waals surface area contributed by atoms with E-state index in [0.29, 0.717) is 16.3 Å². The number of carbonyl (C=O) groups is 1. The Bertz CT molecular complexity index is 849. The summed E-state index contributed by atoms with van der Waals surface area (Å²) in [6.45, 7) is 1.73. The van der Waals surface area contributed by atoms with Gasteiger partial charge in [-0.25, -0.2) is 0 Å². The first kappa shape index (κ1) is 16.3. The number of furan rings is 1. The second-order valence-electron chi connectivity index (χ2n) is 4.47. The van der Waals surface area contributed by atoms with Crippen molar-refractivity contribution >= 4 is 35.2 Å². The molecule has 1 N–H and O–H groups in total. The number of carbonyl (C=O) groups excluding carboxylic acids is 1. The highest BCUT2D eigenvalue weighted by atomic mass is 35.5. The van der Waals surface area contributed by atoms with E-state index in [9.17, 15) is 14.9 Å². The van der Waals surface area contributed by atoms with Crippen molar-refractivity contribution in [2.24, 2.45) is 0 Å². The number of amides is 1. The molecule has 0 radical (unpaired) electrons. The molecule has 1 heterocycles. The lowest BCUT2D eigenvalue weighted by molar-refractivity contribution is -0.402. The highest BCUT2D eigenvalue weighted by Crippen LogP contribution is 2.24. The van der Waals surface area contributed by atoms with Crippen LogP contribution in [0.1, 0.15) is 11.3 Å². The van der Waals surface area contributed by atoms with Gasteiger partial charge in [-0.3, -0.25) is 14.9 Å². The van der Waals surface area contributed by atoms with Crippen molar-refractivity contribution in [3.8, 4) is 6.07 Å². The van der Waals surface area contributed by atoms with Crippen LogP contribution < -0.4 is 5.32 Å². The van der Waals surface area contributed by atoms with Gasteiger partial charge in [-0.2, -0.15) is 5.26 Å². The Morgan fingerprint density at radius 2 is 2.17 bits per heavy atom. The number of hydrogen-bond acceptors (Lipinski definition) is 5. The summed E-state index contributed by atoms with van der Waals surface area (Å²) >= 11 is 5.96. The molecule has 0 saturated carbocycles. The van der Waals surface area contributed by atoms with Gasteiger partial charge in [0.2, 0.25) is 0 Å². The minimum absolute atomic E-state index is 0.0335. The number of hydrogen-bond donors (Lipinski definition) is 1. The zero-order valence-electron chi connectivity index (χ0n) is 11.9. The maximum atomic E-state index is 12.1. The first-order chi connectivity index (χ1) is 10.9. The highest BCUT2D eigenvalue weighted by Gasteiger charge is 2.15. The molecule has 0 bridgehead atoms. The molecule has 8 heteroatoms. The summed E-state index contributed by atoms with van der Waals surface area (Å²) < 4.78 is 4.89. The van der Waals surface area contributed by atoms with Crippen molar-refractivity contribution in [3.63, 3.8) is 0 Å². The molecule has 0 aliphatic carbocycles. The maximum absolute atomic E-state index is 12.1. The maximum Gasteiger partial charge on any atom is 0.433 e. The quantitative estimate of drug-likeness (QED) is 0.397. The first-order valence-electron chi connectivity index (χ1n) is 6.35. The van der Waals surface area contributed by atoms with E-state index in [1.54, 1.807) is 31.2 Å². The zero-order valence-corrected chi connectivity index (χ0v) is 12.6. The monoisotopic (exact) mass is 331 g/mol. The molecular weight excluding hydrogens is 322 g/mol. The smallest absolute Gasteiger partial charge is 0.401 e. The molecule has 1 aromatic heterocycles. The number of nitriles is 1. The number of rotatable bonds is 4. The number of nitro groups is 1. The van der Waals surface area contributed by atoms with Crippen LogP contribution >= 0.6 is 11.6 Å². The minimum Gasteiger partial charge on any atom is -0.401 e. The van der Waals surface area contributed by atoms with Gasteiger partial charge in [0.15, 0.2) is 0 Å². The van der Waals surface area contributed by atoms with E-state index >= 15 is 0 Å². The summed E-state index contributed by atoms with van der Waals surface area (Å²) in [6.07, 6.45) is 1.13. The minimum atomic E-state index is -0.710.